The van der Waals surface area contributed by atoms with E-state index < -0.39 is 17.3 Å². The SMILES string of the molecule is CCOCc1c(OCc2ccccc2)c2ncc(Cc3ccc(F)cc3)c3c2n(c1=O)C=C(C(=O)O)O3. The summed E-state index contributed by atoms with van der Waals surface area (Å²) in [5, 5.41) is 9.68. The lowest BCUT2D eigenvalue weighted by Crippen LogP contribution is -2.27. The van der Waals surface area contributed by atoms with E-state index in [1.54, 1.807) is 18.3 Å². The van der Waals surface area contributed by atoms with Gasteiger partial charge >= 0.3 is 5.97 Å². The first-order valence-electron chi connectivity index (χ1n) is 11.7. The molecular weight excluding hydrogens is 479 g/mol. The standard InChI is InChI=1S/C28H23FN2O6/c1-2-35-16-21-26(36-15-18-6-4-3-5-7-18)23-24-25(37-22(28(33)34)14-31(24)27(21)32)19(13-30-23)12-17-8-10-20(29)11-9-17/h3-11,13-14H,2,12,15-16H2,1H3,(H,33,34). The summed E-state index contributed by atoms with van der Waals surface area (Å²) >= 11 is 0. The van der Waals surface area contributed by atoms with Crippen molar-refractivity contribution in [3.05, 3.63) is 105 Å². The Morgan fingerprint density at radius 1 is 1.08 bits per heavy atom. The zero-order valence-electron chi connectivity index (χ0n) is 19.9. The molecule has 0 aliphatic carbocycles. The highest BCUT2D eigenvalue weighted by Gasteiger charge is 2.29. The summed E-state index contributed by atoms with van der Waals surface area (Å²) in [4.78, 5) is 30.1. The number of hydrogen-bond acceptors (Lipinski definition) is 6. The minimum absolute atomic E-state index is 0.0408. The summed E-state index contributed by atoms with van der Waals surface area (Å²) < 4.78 is 32.1. The van der Waals surface area contributed by atoms with Crippen molar-refractivity contribution in [3.63, 3.8) is 0 Å². The van der Waals surface area contributed by atoms with Crippen molar-refractivity contribution >= 4 is 23.2 Å². The first kappa shape index (κ1) is 24.2. The van der Waals surface area contributed by atoms with Crippen LogP contribution in [0.2, 0.25) is 0 Å². The molecule has 0 radical (unpaired) electrons. The van der Waals surface area contributed by atoms with E-state index in [1.807, 2.05) is 37.3 Å². The van der Waals surface area contributed by atoms with Gasteiger partial charge in [0.1, 0.15) is 23.5 Å². The van der Waals surface area contributed by atoms with Crippen LogP contribution in [0.3, 0.4) is 0 Å². The van der Waals surface area contributed by atoms with Crippen LogP contribution in [0.4, 0.5) is 4.39 Å². The fraction of sp³-hybridized carbons (Fsp3) is 0.179. The number of carboxylic acids is 1. The molecule has 2 aromatic carbocycles. The van der Waals surface area contributed by atoms with Crippen molar-refractivity contribution < 1.29 is 28.5 Å². The maximum atomic E-state index is 13.7. The van der Waals surface area contributed by atoms with Gasteiger partial charge in [-0.05, 0) is 30.2 Å². The minimum atomic E-state index is -1.33. The summed E-state index contributed by atoms with van der Waals surface area (Å²) in [6, 6.07) is 15.4. The van der Waals surface area contributed by atoms with Gasteiger partial charge in [-0.15, -0.1) is 0 Å². The number of carboxylic acid groups (broad SMARTS) is 1. The van der Waals surface area contributed by atoms with Gasteiger partial charge in [0.05, 0.1) is 18.4 Å². The number of benzene rings is 2. The average Bonchev–Trinajstić information content (AvgIpc) is 2.91. The van der Waals surface area contributed by atoms with Gasteiger partial charge in [-0.1, -0.05) is 42.5 Å². The van der Waals surface area contributed by atoms with Gasteiger partial charge in [0.2, 0.25) is 5.76 Å². The number of aromatic nitrogens is 2. The molecule has 0 unspecified atom stereocenters. The van der Waals surface area contributed by atoms with Crippen LogP contribution in [-0.2, 0) is 29.2 Å². The van der Waals surface area contributed by atoms with E-state index in [4.69, 9.17) is 14.2 Å². The van der Waals surface area contributed by atoms with Gasteiger partial charge in [0.15, 0.2) is 11.5 Å². The number of rotatable bonds is 9. The second-order valence-electron chi connectivity index (χ2n) is 8.41. The molecule has 9 heteroatoms. The Bertz CT molecular complexity index is 1560. The molecule has 0 saturated heterocycles. The largest absolute Gasteiger partial charge is 0.486 e. The summed E-state index contributed by atoms with van der Waals surface area (Å²) in [5.41, 5.74) is 2.54. The number of aliphatic carboxylic acids is 1. The molecule has 1 N–H and O–H groups in total. The fourth-order valence-corrected chi connectivity index (χ4v) is 4.15. The van der Waals surface area contributed by atoms with Gasteiger partial charge in [-0.25, -0.2) is 9.18 Å². The van der Waals surface area contributed by atoms with Crippen LogP contribution in [0.1, 0.15) is 29.2 Å². The summed E-state index contributed by atoms with van der Waals surface area (Å²) in [6.45, 7) is 2.32. The van der Waals surface area contributed by atoms with Crippen molar-refractivity contribution in [1.29, 1.82) is 0 Å². The molecule has 0 bridgehead atoms. The predicted molar refractivity (Wildman–Crippen MR) is 134 cm³/mol. The van der Waals surface area contributed by atoms with Crippen LogP contribution < -0.4 is 15.0 Å². The second kappa shape index (κ2) is 10.2. The van der Waals surface area contributed by atoms with Crippen molar-refractivity contribution in [1.82, 2.24) is 9.55 Å². The number of nitrogens with zero attached hydrogens (tertiary/aromatic N) is 2. The van der Waals surface area contributed by atoms with E-state index in [1.165, 1.54) is 16.7 Å². The Hall–Kier alpha value is -4.50. The number of carbonyl (C=O) groups is 1. The fourth-order valence-electron chi connectivity index (χ4n) is 4.15. The number of ether oxygens (including phenoxy) is 3. The molecule has 188 valence electrons. The molecule has 0 spiro atoms. The first-order valence-corrected chi connectivity index (χ1v) is 11.7. The van der Waals surface area contributed by atoms with Gasteiger partial charge in [0.25, 0.3) is 5.56 Å². The molecule has 0 fully saturated rings. The second-order valence-corrected chi connectivity index (χ2v) is 8.41. The molecule has 2 aromatic heterocycles. The Morgan fingerprint density at radius 3 is 2.54 bits per heavy atom. The van der Waals surface area contributed by atoms with Crippen molar-refractivity contribution in [2.24, 2.45) is 0 Å². The maximum Gasteiger partial charge on any atom is 0.373 e. The van der Waals surface area contributed by atoms with Crippen LogP contribution >= 0.6 is 0 Å². The van der Waals surface area contributed by atoms with E-state index >= 15 is 0 Å². The topological polar surface area (TPSA) is 99.9 Å². The molecule has 0 amide bonds. The van der Waals surface area contributed by atoms with Crippen LogP contribution in [-0.4, -0.2) is 27.2 Å². The first-order chi connectivity index (χ1) is 18.0. The monoisotopic (exact) mass is 502 g/mol. The Morgan fingerprint density at radius 2 is 1.84 bits per heavy atom. The lowest BCUT2D eigenvalue weighted by molar-refractivity contribution is -0.134. The van der Waals surface area contributed by atoms with Crippen molar-refractivity contribution in [2.45, 2.75) is 26.6 Å². The normalized spacial score (nSPS) is 12.2. The third kappa shape index (κ3) is 4.81. The molecule has 4 aromatic rings. The summed E-state index contributed by atoms with van der Waals surface area (Å²) in [7, 11) is 0. The zero-order chi connectivity index (χ0) is 25.9. The molecule has 8 nitrogen and oxygen atoms in total. The van der Waals surface area contributed by atoms with E-state index in [0.29, 0.717) is 17.7 Å². The maximum absolute atomic E-state index is 13.7. The third-order valence-electron chi connectivity index (χ3n) is 5.94. The van der Waals surface area contributed by atoms with Gasteiger partial charge < -0.3 is 19.3 Å². The number of hydrogen-bond donors (Lipinski definition) is 1. The molecule has 3 heterocycles. The third-order valence-corrected chi connectivity index (χ3v) is 5.94. The van der Waals surface area contributed by atoms with Crippen molar-refractivity contribution in [3.8, 4) is 11.5 Å². The van der Waals surface area contributed by atoms with Crippen LogP contribution in [0.15, 0.2) is 71.3 Å². The zero-order valence-corrected chi connectivity index (χ0v) is 19.9. The Kier molecular flexibility index (Phi) is 6.70. The Labute approximate surface area is 211 Å². The minimum Gasteiger partial charge on any atom is -0.486 e. The van der Waals surface area contributed by atoms with Gasteiger partial charge in [-0.2, -0.15) is 0 Å². The molecular formula is C28H23FN2O6. The van der Waals surface area contributed by atoms with Crippen LogP contribution in [0, 0.1) is 5.82 Å². The molecule has 37 heavy (non-hydrogen) atoms. The summed E-state index contributed by atoms with van der Waals surface area (Å²) in [5.74, 6) is -1.68. The van der Waals surface area contributed by atoms with Crippen molar-refractivity contribution in [2.75, 3.05) is 6.61 Å². The highest BCUT2D eigenvalue weighted by molar-refractivity contribution is 5.96. The predicted octanol–water partition coefficient (Wildman–Crippen LogP) is 4.52. The van der Waals surface area contributed by atoms with Crippen LogP contribution in [0.25, 0.3) is 17.2 Å². The van der Waals surface area contributed by atoms with E-state index in [2.05, 4.69) is 4.98 Å². The van der Waals surface area contributed by atoms with Gasteiger partial charge in [0, 0.05) is 24.8 Å². The van der Waals surface area contributed by atoms with Crippen LogP contribution in [0.5, 0.6) is 11.5 Å². The lowest BCUT2D eigenvalue weighted by atomic mass is 10.0. The quantitative estimate of drug-likeness (QED) is 0.359. The van der Waals surface area contributed by atoms with E-state index in [9.17, 15) is 19.1 Å². The lowest BCUT2D eigenvalue weighted by Gasteiger charge is -2.23. The summed E-state index contributed by atoms with van der Waals surface area (Å²) in [6.07, 6.45) is 2.97. The highest BCUT2D eigenvalue weighted by atomic mass is 19.1. The average molecular weight is 502 g/mol. The van der Waals surface area contributed by atoms with E-state index in [0.717, 1.165) is 17.3 Å². The highest BCUT2D eigenvalue weighted by Crippen LogP contribution is 2.39. The van der Waals surface area contributed by atoms with Gasteiger partial charge in [-0.3, -0.25) is 14.3 Å². The Balaban J connectivity index is 1.71. The molecule has 0 atom stereocenters. The number of pyridine rings is 2. The molecule has 1 aliphatic heterocycles. The smallest absolute Gasteiger partial charge is 0.373 e. The molecule has 0 saturated carbocycles. The molecule has 5 rings (SSSR count). The number of halogens is 1. The van der Waals surface area contributed by atoms with E-state index in [-0.39, 0.29) is 48.0 Å². The molecule has 1 aliphatic rings.